The van der Waals surface area contributed by atoms with Gasteiger partial charge in [0.1, 0.15) is 5.82 Å². The van der Waals surface area contributed by atoms with Crippen LogP contribution in [-0.2, 0) is 10.7 Å². The second-order valence-corrected chi connectivity index (χ2v) is 10.4. The molecular weight excluding hydrogens is 472 g/mol. The molecule has 33 heavy (non-hydrogen) atoms. The van der Waals surface area contributed by atoms with Gasteiger partial charge in [-0.05, 0) is 61.2 Å². The lowest BCUT2D eigenvalue weighted by Crippen LogP contribution is -2.08. The Morgan fingerprint density at radius 3 is 3.00 bits per heavy atom. The minimum Gasteiger partial charge on any atom is -0.369 e. The van der Waals surface area contributed by atoms with Crippen molar-refractivity contribution in [2.45, 2.75) is 29.1 Å². The Morgan fingerprint density at radius 2 is 2.09 bits per heavy atom. The van der Waals surface area contributed by atoms with Crippen molar-refractivity contribution in [1.29, 1.82) is 4.78 Å². The Hall–Kier alpha value is -2.57. The van der Waals surface area contributed by atoms with E-state index in [-0.39, 0.29) is 0 Å². The molecule has 1 atom stereocenters. The highest BCUT2D eigenvalue weighted by Gasteiger charge is 2.09. The average molecular weight is 497 g/mol. The van der Waals surface area contributed by atoms with E-state index in [0.717, 1.165) is 63.6 Å². The lowest BCUT2D eigenvalue weighted by atomic mass is 10.2. The van der Waals surface area contributed by atoms with E-state index in [4.69, 9.17) is 16.4 Å². The van der Waals surface area contributed by atoms with Gasteiger partial charge in [0.2, 0.25) is 5.95 Å². The zero-order valence-corrected chi connectivity index (χ0v) is 20.4. The summed E-state index contributed by atoms with van der Waals surface area (Å²) in [5.41, 5.74) is 1.68. The zero-order valence-electron chi connectivity index (χ0n) is 18.0. The molecule has 1 aromatic heterocycles. The van der Waals surface area contributed by atoms with Gasteiger partial charge >= 0.3 is 0 Å². The minimum atomic E-state index is -0.509. The Kier molecular flexibility index (Phi) is 8.61. The molecule has 0 aliphatic carbocycles. The van der Waals surface area contributed by atoms with Crippen molar-refractivity contribution in [3.05, 3.63) is 65.3 Å². The van der Waals surface area contributed by atoms with Gasteiger partial charge in [0.05, 0.1) is 11.8 Å². The molecule has 3 aromatic rings. The summed E-state index contributed by atoms with van der Waals surface area (Å²) in [7, 11) is -0.509. The SMILES string of the molecule is N=S1CCCCNc2nc(ncc2C#CCCNSc2cccc(Cl)c2)Nc2cccc1c2. The van der Waals surface area contributed by atoms with Crippen LogP contribution in [0.3, 0.4) is 0 Å². The van der Waals surface area contributed by atoms with Gasteiger partial charge < -0.3 is 10.6 Å². The van der Waals surface area contributed by atoms with E-state index in [1.165, 1.54) is 0 Å². The first-order valence-corrected chi connectivity index (χ1v) is 13.3. The lowest BCUT2D eigenvalue weighted by Gasteiger charge is -2.10. The van der Waals surface area contributed by atoms with E-state index < -0.39 is 10.7 Å². The van der Waals surface area contributed by atoms with E-state index in [2.05, 4.69) is 37.2 Å². The third-order valence-corrected chi connectivity index (χ3v) is 7.39. The van der Waals surface area contributed by atoms with Gasteiger partial charge in [-0.2, -0.15) is 4.98 Å². The van der Waals surface area contributed by atoms with Crippen molar-refractivity contribution in [2.75, 3.05) is 29.5 Å². The first kappa shape index (κ1) is 23.6. The third kappa shape index (κ3) is 7.21. The number of anilines is 3. The zero-order chi connectivity index (χ0) is 22.9. The Labute approximate surface area is 206 Å². The van der Waals surface area contributed by atoms with Gasteiger partial charge in [-0.1, -0.05) is 46.3 Å². The van der Waals surface area contributed by atoms with Crippen LogP contribution in [0.25, 0.3) is 0 Å². The molecule has 1 aliphatic rings. The highest BCUT2D eigenvalue weighted by Crippen LogP contribution is 2.21. The second-order valence-electron chi connectivity index (χ2n) is 7.34. The van der Waals surface area contributed by atoms with E-state index in [1.54, 1.807) is 18.1 Å². The highest BCUT2D eigenvalue weighted by molar-refractivity contribution is 7.97. The largest absolute Gasteiger partial charge is 0.369 e. The van der Waals surface area contributed by atoms with Gasteiger partial charge in [-0.25, -0.2) is 4.98 Å². The molecule has 6 nitrogen and oxygen atoms in total. The van der Waals surface area contributed by atoms with Crippen molar-refractivity contribution in [3.63, 3.8) is 0 Å². The number of fused-ring (bicyclic) bond motifs is 4. The van der Waals surface area contributed by atoms with Gasteiger partial charge in [-0.3, -0.25) is 9.50 Å². The van der Waals surface area contributed by atoms with Crippen molar-refractivity contribution in [1.82, 2.24) is 14.7 Å². The van der Waals surface area contributed by atoms with Crippen LogP contribution in [0, 0.1) is 16.6 Å². The summed E-state index contributed by atoms with van der Waals surface area (Å²) >= 11 is 7.56. The molecule has 0 fully saturated rings. The maximum absolute atomic E-state index is 8.43. The number of hydrogen-bond acceptors (Lipinski definition) is 7. The predicted octanol–water partition coefficient (Wildman–Crippen LogP) is 5.86. The molecule has 4 bridgehead atoms. The number of nitrogens with zero attached hydrogens (tertiary/aromatic N) is 2. The van der Waals surface area contributed by atoms with E-state index in [0.29, 0.717) is 12.4 Å². The number of nitrogens with one attached hydrogen (secondary N) is 4. The quantitative estimate of drug-likeness (QED) is 0.206. The van der Waals surface area contributed by atoms with Crippen LogP contribution >= 0.6 is 23.5 Å². The Bertz CT molecular complexity index is 1190. The summed E-state index contributed by atoms with van der Waals surface area (Å²) in [6.07, 6.45) is 4.43. The van der Waals surface area contributed by atoms with Gasteiger partial charge in [-0.15, -0.1) is 0 Å². The molecule has 0 amide bonds. The molecular formula is C24H25ClN6S2. The lowest BCUT2D eigenvalue weighted by molar-refractivity contribution is 0.836. The van der Waals surface area contributed by atoms with Gasteiger partial charge in [0.15, 0.2) is 0 Å². The summed E-state index contributed by atoms with van der Waals surface area (Å²) in [4.78, 5) is 11.2. The van der Waals surface area contributed by atoms with Crippen molar-refractivity contribution >= 4 is 51.7 Å². The first-order chi connectivity index (χ1) is 16.2. The van der Waals surface area contributed by atoms with Crippen LogP contribution < -0.4 is 15.4 Å². The first-order valence-electron chi connectivity index (χ1n) is 10.7. The fourth-order valence-electron chi connectivity index (χ4n) is 3.16. The molecule has 1 aliphatic heterocycles. The fraction of sp³-hybridized carbons (Fsp3) is 0.250. The van der Waals surface area contributed by atoms with Crippen LogP contribution in [0.5, 0.6) is 0 Å². The van der Waals surface area contributed by atoms with Crippen molar-refractivity contribution in [2.24, 2.45) is 0 Å². The van der Waals surface area contributed by atoms with Crippen LogP contribution in [0.2, 0.25) is 5.02 Å². The summed E-state index contributed by atoms with van der Waals surface area (Å²) in [5.74, 6) is 8.53. The summed E-state index contributed by atoms with van der Waals surface area (Å²) in [6.45, 7) is 1.54. The third-order valence-electron chi connectivity index (χ3n) is 4.79. The second kappa shape index (κ2) is 12.1. The molecule has 2 aromatic carbocycles. The number of aromatic nitrogens is 2. The number of rotatable bonds is 4. The van der Waals surface area contributed by atoms with E-state index in [1.807, 2.05) is 48.5 Å². The van der Waals surface area contributed by atoms with Gasteiger partial charge in [0, 0.05) is 45.8 Å². The van der Waals surface area contributed by atoms with Crippen LogP contribution in [-0.4, -0.2) is 28.8 Å². The molecule has 4 N–H and O–H groups in total. The number of benzene rings is 2. The molecule has 170 valence electrons. The molecule has 1 unspecified atom stereocenters. The molecule has 0 radical (unpaired) electrons. The van der Waals surface area contributed by atoms with Crippen LogP contribution in [0.4, 0.5) is 17.5 Å². The average Bonchev–Trinajstić information content (AvgIpc) is 2.82. The Balaban J connectivity index is 1.40. The predicted molar refractivity (Wildman–Crippen MR) is 140 cm³/mol. The van der Waals surface area contributed by atoms with E-state index in [9.17, 15) is 0 Å². The minimum absolute atomic E-state index is 0.509. The van der Waals surface area contributed by atoms with E-state index >= 15 is 0 Å². The monoisotopic (exact) mass is 496 g/mol. The number of hydrogen-bond donors (Lipinski definition) is 4. The number of halogens is 1. The standard InChI is InChI=1S/C24H25ClN6S2/c25-19-8-5-10-21(15-19)32-29-13-2-1-7-18-17-28-24-30-20-9-6-11-22(16-20)33(26)14-4-3-12-27-23(18)31-24/h5-6,8-11,15-17,26,29H,2-4,12-14H2,(H2,27,28,30,31). The molecule has 4 rings (SSSR count). The van der Waals surface area contributed by atoms with Crippen LogP contribution in [0.15, 0.2) is 64.5 Å². The molecule has 0 spiro atoms. The normalized spacial score (nSPS) is 15.5. The van der Waals surface area contributed by atoms with Crippen molar-refractivity contribution < 1.29 is 0 Å². The highest BCUT2D eigenvalue weighted by atomic mass is 35.5. The smallest absolute Gasteiger partial charge is 0.229 e. The Morgan fingerprint density at radius 1 is 1.18 bits per heavy atom. The maximum atomic E-state index is 8.43. The summed E-state index contributed by atoms with van der Waals surface area (Å²) in [6, 6.07) is 15.7. The molecule has 9 heteroatoms. The summed E-state index contributed by atoms with van der Waals surface area (Å²) in [5, 5.41) is 7.40. The molecule has 0 saturated heterocycles. The fourth-order valence-corrected chi connectivity index (χ4v) is 5.36. The topological polar surface area (TPSA) is 85.7 Å². The summed E-state index contributed by atoms with van der Waals surface area (Å²) < 4.78 is 11.7. The van der Waals surface area contributed by atoms with Crippen molar-refractivity contribution in [3.8, 4) is 11.8 Å². The molecule has 0 saturated carbocycles. The molecule has 2 heterocycles. The van der Waals surface area contributed by atoms with Gasteiger partial charge in [0.25, 0.3) is 0 Å². The van der Waals surface area contributed by atoms with Crippen LogP contribution in [0.1, 0.15) is 24.8 Å². The maximum Gasteiger partial charge on any atom is 0.229 e.